The molecule has 0 unspecified atom stereocenters. The maximum atomic E-state index is 11.8. The molecule has 2 aromatic carbocycles. The molecule has 1 heterocycles. The number of nitrogens with one attached hydrogen (secondary N) is 2. The number of benzene rings is 2. The van der Waals surface area contributed by atoms with E-state index < -0.39 is 4.92 Å². The topological polar surface area (TPSA) is 111 Å². The first-order chi connectivity index (χ1) is 13.9. The number of hydrogen-bond donors (Lipinski definition) is 2. The predicted molar refractivity (Wildman–Crippen MR) is 111 cm³/mol. The van der Waals surface area contributed by atoms with Gasteiger partial charge in [0.25, 0.3) is 0 Å². The largest absolute Gasteiger partial charge is 0.495 e. The number of halogens is 1. The minimum atomic E-state index is -0.557. The molecule has 0 amide bonds. The molecule has 0 radical (unpaired) electrons. The molecular formula is C19H18ClN5O4. The van der Waals surface area contributed by atoms with E-state index in [4.69, 9.17) is 21.1 Å². The highest BCUT2D eigenvalue weighted by Crippen LogP contribution is 2.39. The van der Waals surface area contributed by atoms with Gasteiger partial charge in [-0.3, -0.25) is 10.1 Å². The van der Waals surface area contributed by atoms with Crippen molar-refractivity contribution in [1.82, 2.24) is 9.97 Å². The maximum absolute atomic E-state index is 11.8. The van der Waals surface area contributed by atoms with Crippen LogP contribution in [0.1, 0.15) is 5.56 Å². The van der Waals surface area contributed by atoms with E-state index in [2.05, 4.69) is 20.6 Å². The number of nitro groups is 1. The Morgan fingerprint density at radius 1 is 1.03 bits per heavy atom. The van der Waals surface area contributed by atoms with Gasteiger partial charge < -0.3 is 20.1 Å². The Morgan fingerprint density at radius 3 is 2.34 bits per heavy atom. The van der Waals surface area contributed by atoms with Crippen LogP contribution in [0.2, 0.25) is 5.02 Å². The molecule has 0 saturated heterocycles. The number of methoxy groups -OCH3 is 2. The number of aryl methyl sites for hydroxylation is 1. The van der Waals surface area contributed by atoms with Crippen LogP contribution in [0.4, 0.5) is 28.7 Å². The van der Waals surface area contributed by atoms with Gasteiger partial charge in [0.15, 0.2) is 0 Å². The Bertz CT molecular complexity index is 1060. The van der Waals surface area contributed by atoms with Crippen LogP contribution in [0.15, 0.2) is 42.7 Å². The third kappa shape index (κ3) is 4.46. The molecule has 3 aromatic rings. The normalized spacial score (nSPS) is 10.3. The van der Waals surface area contributed by atoms with Crippen molar-refractivity contribution in [2.24, 2.45) is 0 Å². The van der Waals surface area contributed by atoms with Gasteiger partial charge in [0, 0.05) is 11.8 Å². The lowest BCUT2D eigenvalue weighted by Crippen LogP contribution is -2.06. The summed E-state index contributed by atoms with van der Waals surface area (Å²) in [5.41, 5.74) is 1.75. The van der Waals surface area contributed by atoms with Crippen molar-refractivity contribution in [1.29, 1.82) is 0 Å². The van der Waals surface area contributed by atoms with E-state index in [1.807, 2.05) is 25.1 Å². The highest BCUT2D eigenvalue weighted by Gasteiger charge is 2.24. The number of anilines is 4. The van der Waals surface area contributed by atoms with Crippen molar-refractivity contribution in [3.8, 4) is 11.5 Å². The number of rotatable bonds is 7. The Kier molecular flexibility index (Phi) is 5.99. The summed E-state index contributed by atoms with van der Waals surface area (Å²) in [7, 11) is 2.94. The molecule has 10 heteroatoms. The third-order valence-corrected chi connectivity index (χ3v) is 4.31. The average Bonchev–Trinajstić information content (AvgIpc) is 2.68. The van der Waals surface area contributed by atoms with E-state index in [1.54, 1.807) is 18.2 Å². The van der Waals surface area contributed by atoms with Gasteiger partial charge in [-0.15, -0.1) is 0 Å². The smallest absolute Gasteiger partial charge is 0.353 e. The van der Waals surface area contributed by atoms with E-state index in [0.29, 0.717) is 27.9 Å². The van der Waals surface area contributed by atoms with Crippen LogP contribution in [0, 0.1) is 17.0 Å². The van der Waals surface area contributed by atoms with Crippen LogP contribution in [0.3, 0.4) is 0 Å². The van der Waals surface area contributed by atoms with Crippen LogP contribution in [0.5, 0.6) is 11.5 Å². The summed E-state index contributed by atoms with van der Waals surface area (Å²) in [5.74, 6) is 0.830. The van der Waals surface area contributed by atoms with Crippen molar-refractivity contribution < 1.29 is 14.4 Å². The molecule has 0 fully saturated rings. The Labute approximate surface area is 171 Å². The Morgan fingerprint density at radius 2 is 1.72 bits per heavy atom. The summed E-state index contributed by atoms with van der Waals surface area (Å²) >= 11 is 6.18. The second-order valence-electron chi connectivity index (χ2n) is 5.98. The van der Waals surface area contributed by atoms with Gasteiger partial charge in [-0.05, 0) is 30.7 Å². The van der Waals surface area contributed by atoms with E-state index >= 15 is 0 Å². The zero-order valence-corrected chi connectivity index (χ0v) is 16.6. The fourth-order valence-corrected chi connectivity index (χ4v) is 2.92. The Balaban J connectivity index is 2.02. The molecule has 1 aromatic heterocycles. The van der Waals surface area contributed by atoms with Crippen molar-refractivity contribution in [3.05, 3.63) is 63.4 Å². The number of hydrogen-bond acceptors (Lipinski definition) is 8. The molecule has 0 bridgehead atoms. The molecule has 9 nitrogen and oxygen atoms in total. The molecule has 0 aliphatic heterocycles. The minimum Gasteiger partial charge on any atom is -0.495 e. The van der Waals surface area contributed by atoms with Crippen LogP contribution in [-0.4, -0.2) is 29.1 Å². The van der Waals surface area contributed by atoms with Gasteiger partial charge in [0.2, 0.25) is 11.6 Å². The van der Waals surface area contributed by atoms with Gasteiger partial charge in [-0.2, -0.15) is 0 Å². The molecule has 3 rings (SSSR count). The van der Waals surface area contributed by atoms with Crippen molar-refractivity contribution >= 4 is 40.3 Å². The molecule has 0 spiro atoms. The van der Waals surface area contributed by atoms with Crippen LogP contribution in [0.25, 0.3) is 0 Å². The summed E-state index contributed by atoms with van der Waals surface area (Å²) in [6, 6.07) is 10.5. The second kappa shape index (κ2) is 8.61. The SMILES string of the molecule is COc1cc(OC)c(Nc2ncnc(Nc3cccc(C)c3)c2[N+](=O)[O-])cc1Cl. The second-order valence-corrected chi connectivity index (χ2v) is 6.39. The van der Waals surface area contributed by atoms with Gasteiger partial charge in [0.1, 0.15) is 17.8 Å². The lowest BCUT2D eigenvalue weighted by Gasteiger charge is -2.14. The maximum Gasteiger partial charge on any atom is 0.353 e. The highest BCUT2D eigenvalue weighted by atomic mass is 35.5. The molecule has 2 N–H and O–H groups in total. The lowest BCUT2D eigenvalue weighted by atomic mass is 10.2. The average molecular weight is 416 g/mol. The number of aromatic nitrogens is 2. The van der Waals surface area contributed by atoms with Crippen molar-refractivity contribution in [2.45, 2.75) is 6.92 Å². The minimum absolute atomic E-state index is 0.0142. The zero-order chi connectivity index (χ0) is 21.0. The summed E-state index contributed by atoms with van der Waals surface area (Å²) in [6.45, 7) is 1.92. The summed E-state index contributed by atoms with van der Waals surface area (Å²) in [5, 5.41) is 18.0. The molecule has 0 atom stereocenters. The standard InChI is InChI=1S/C19H18ClN5O4/c1-11-5-4-6-12(7-11)23-18-17(25(26)27)19(22-10-21-18)24-14-8-13(20)15(28-2)9-16(14)29-3/h4-10H,1-3H3,(H2,21,22,23,24). The lowest BCUT2D eigenvalue weighted by molar-refractivity contribution is -0.383. The first-order valence-electron chi connectivity index (χ1n) is 8.44. The number of nitrogens with zero attached hydrogens (tertiary/aromatic N) is 3. The van der Waals surface area contributed by atoms with E-state index in [0.717, 1.165) is 5.56 Å². The Hall–Kier alpha value is -3.59. The van der Waals surface area contributed by atoms with E-state index in [1.165, 1.54) is 20.5 Å². The molecule has 0 aliphatic rings. The quantitative estimate of drug-likeness (QED) is 0.416. The summed E-state index contributed by atoms with van der Waals surface area (Å²) < 4.78 is 10.5. The number of ether oxygens (including phenoxy) is 2. The van der Waals surface area contributed by atoms with Crippen molar-refractivity contribution in [2.75, 3.05) is 24.9 Å². The van der Waals surface area contributed by atoms with Gasteiger partial charge in [-0.25, -0.2) is 9.97 Å². The fraction of sp³-hybridized carbons (Fsp3) is 0.158. The summed E-state index contributed by atoms with van der Waals surface area (Å²) in [4.78, 5) is 19.3. The van der Waals surface area contributed by atoms with Gasteiger partial charge in [-0.1, -0.05) is 23.7 Å². The van der Waals surface area contributed by atoms with Crippen molar-refractivity contribution in [3.63, 3.8) is 0 Å². The first-order valence-corrected chi connectivity index (χ1v) is 8.82. The fourth-order valence-electron chi connectivity index (χ4n) is 2.68. The third-order valence-electron chi connectivity index (χ3n) is 4.01. The monoisotopic (exact) mass is 415 g/mol. The molecular weight excluding hydrogens is 398 g/mol. The van der Waals surface area contributed by atoms with E-state index in [-0.39, 0.29) is 17.3 Å². The molecule has 0 saturated carbocycles. The van der Waals surface area contributed by atoms with Gasteiger partial charge in [0.05, 0.1) is 29.9 Å². The highest BCUT2D eigenvalue weighted by molar-refractivity contribution is 6.32. The first kappa shape index (κ1) is 20.2. The van der Waals surface area contributed by atoms with E-state index in [9.17, 15) is 10.1 Å². The summed E-state index contributed by atoms with van der Waals surface area (Å²) in [6.07, 6.45) is 1.23. The zero-order valence-electron chi connectivity index (χ0n) is 15.9. The van der Waals surface area contributed by atoms with Crippen LogP contribution >= 0.6 is 11.6 Å². The van der Waals surface area contributed by atoms with Crippen LogP contribution < -0.4 is 20.1 Å². The molecule has 0 aliphatic carbocycles. The van der Waals surface area contributed by atoms with Crippen LogP contribution in [-0.2, 0) is 0 Å². The van der Waals surface area contributed by atoms with Gasteiger partial charge >= 0.3 is 5.69 Å². The molecule has 29 heavy (non-hydrogen) atoms. The predicted octanol–water partition coefficient (Wildman–Crippen LogP) is 4.85. The molecule has 150 valence electrons.